The molecule has 2 aromatic carbocycles. The minimum atomic E-state index is -0.882. The zero-order valence-electron chi connectivity index (χ0n) is 11.0. The molecule has 0 bridgehead atoms. The third-order valence-corrected chi connectivity index (χ3v) is 3.14. The molecule has 1 N–H and O–H groups in total. The van der Waals surface area contributed by atoms with Crippen LogP contribution < -0.4 is 0 Å². The molecule has 0 saturated heterocycles. The van der Waals surface area contributed by atoms with E-state index in [2.05, 4.69) is 0 Å². The van der Waals surface area contributed by atoms with Gasteiger partial charge < -0.3 is 5.11 Å². The zero-order valence-corrected chi connectivity index (χ0v) is 11.0. The van der Waals surface area contributed by atoms with Gasteiger partial charge in [-0.05, 0) is 17.5 Å². The molecule has 0 amide bonds. The van der Waals surface area contributed by atoms with E-state index in [0.717, 1.165) is 17.5 Å². The standard InChI is InChI=1S/C17H18O2/c1-2-6-16(18)17(19)15-11-9-14(10-12-15)13-7-4-3-5-8-13/h3-5,7-12,16,18H,2,6H2,1H3. The molecule has 0 aliphatic carbocycles. The highest BCUT2D eigenvalue weighted by atomic mass is 16.3. The molecule has 2 nitrogen and oxygen atoms in total. The molecule has 0 aromatic heterocycles. The number of benzene rings is 2. The summed E-state index contributed by atoms with van der Waals surface area (Å²) in [6, 6.07) is 17.4. The number of aliphatic hydroxyl groups is 1. The molecule has 0 aliphatic heterocycles. The molecule has 1 atom stereocenters. The Kier molecular flexibility index (Phi) is 4.48. The van der Waals surface area contributed by atoms with Crippen LogP contribution >= 0.6 is 0 Å². The lowest BCUT2D eigenvalue weighted by molar-refractivity contribution is 0.0729. The number of carbonyl (C=O) groups excluding carboxylic acids is 1. The van der Waals surface area contributed by atoms with Crippen LogP contribution in [-0.4, -0.2) is 17.0 Å². The number of hydrogen-bond acceptors (Lipinski definition) is 2. The summed E-state index contributed by atoms with van der Waals surface area (Å²) in [6.45, 7) is 1.95. The van der Waals surface area contributed by atoms with Crippen molar-refractivity contribution in [3.05, 3.63) is 60.2 Å². The first-order chi connectivity index (χ1) is 9.22. The van der Waals surface area contributed by atoms with E-state index in [1.54, 1.807) is 12.1 Å². The summed E-state index contributed by atoms with van der Waals surface area (Å²) < 4.78 is 0. The molecule has 0 aliphatic rings. The fourth-order valence-electron chi connectivity index (χ4n) is 2.05. The van der Waals surface area contributed by atoms with Crippen molar-refractivity contribution in [2.24, 2.45) is 0 Å². The molecule has 1 unspecified atom stereocenters. The van der Waals surface area contributed by atoms with Gasteiger partial charge in [-0.2, -0.15) is 0 Å². The second-order valence-corrected chi connectivity index (χ2v) is 4.61. The highest BCUT2D eigenvalue weighted by Crippen LogP contribution is 2.20. The van der Waals surface area contributed by atoms with Gasteiger partial charge in [-0.3, -0.25) is 4.79 Å². The maximum Gasteiger partial charge on any atom is 0.191 e. The first-order valence-electron chi connectivity index (χ1n) is 6.60. The fourth-order valence-corrected chi connectivity index (χ4v) is 2.05. The van der Waals surface area contributed by atoms with E-state index in [1.165, 1.54) is 0 Å². The average Bonchev–Trinajstić information content (AvgIpc) is 2.48. The Morgan fingerprint density at radius 2 is 1.58 bits per heavy atom. The summed E-state index contributed by atoms with van der Waals surface area (Å²) >= 11 is 0. The van der Waals surface area contributed by atoms with Crippen LogP contribution in [-0.2, 0) is 0 Å². The van der Waals surface area contributed by atoms with Crippen molar-refractivity contribution < 1.29 is 9.90 Å². The molecule has 2 heteroatoms. The minimum absolute atomic E-state index is 0.193. The van der Waals surface area contributed by atoms with Crippen molar-refractivity contribution in [3.63, 3.8) is 0 Å². The van der Waals surface area contributed by atoms with Gasteiger partial charge in [-0.25, -0.2) is 0 Å². The minimum Gasteiger partial charge on any atom is -0.385 e. The Morgan fingerprint density at radius 1 is 1.00 bits per heavy atom. The predicted molar refractivity (Wildman–Crippen MR) is 77.1 cm³/mol. The van der Waals surface area contributed by atoms with E-state index in [9.17, 15) is 9.90 Å². The number of Topliss-reactive ketones (excluding diaryl/α,β-unsaturated/α-hetero) is 1. The molecule has 2 aromatic rings. The van der Waals surface area contributed by atoms with Gasteiger partial charge in [0.15, 0.2) is 5.78 Å². The SMILES string of the molecule is CCCC(O)C(=O)c1ccc(-c2ccccc2)cc1. The number of aliphatic hydroxyl groups excluding tert-OH is 1. The van der Waals surface area contributed by atoms with Gasteiger partial charge in [-0.1, -0.05) is 67.9 Å². The monoisotopic (exact) mass is 254 g/mol. The second-order valence-electron chi connectivity index (χ2n) is 4.61. The van der Waals surface area contributed by atoms with Crippen LogP contribution in [0.25, 0.3) is 11.1 Å². The zero-order chi connectivity index (χ0) is 13.7. The van der Waals surface area contributed by atoms with Gasteiger partial charge in [0.2, 0.25) is 0 Å². The van der Waals surface area contributed by atoms with Crippen LogP contribution in [0.15, 0.2) is 54.6 Å². The number of ketones is 1. The second kappa shape index (κ2) is 6.30. The van der Waals surface area contributed by atoms with Gasteiger partial charge in [0.1, 0.15) is 6.10 Å². The van der Waals surface area contributed by atoms with Crippen molar-refractivity contribution in [2.75, 3.05) is 0 Å². The van der Waals surface area contributed by atoms with E-state index >= 15 is 0 Å². The van der Waals surface area contributed by atoms with E-state index in [-0.39, 0.29) is 5.78 Å². The predicted octanol–water partition coefficient (Wildman–Crippen LogP) is 3.70. The van der Waals surface area contributed by atoms with E-state index < -0.39 is 6.10 Å². The van der Waals surface area contributed by atoms with Crippen LogP contribution in [0.1, 0.15) is 30.1 Å². The number of rotatable bonds is 5. The highest BCUT2D eigenvalue weighted by molar-refractivity contribution is 5.99. The van der Waals surface area contributed by atoms with Gasteiger partial charge in [0.05, 0.1) is 0 Å². The quantitative estimate of drug-likeness (QED) is 0.826. The first kappa shape index (κ1) is 13.5. The first-order valence-corrected chi connectivity index (χ1v) is 6.60. The van der Waals surface area contributed by atoms with Crippen LogP contribution in [0, 0.1) is 0 Å². The van der Waals surface area contributed by atoms with Crippen molar-refractivity contribution in [2.45, 2.75) is 25.9 Å². The summed E-state index contributed by atoms with van der Waals surface area (Å²) in [6.07, 6.45) is 0.432. The summed E-state index contributed by atoms with van der Waals surface area (Å²) in [5.74, 6) is -0.193. The molecule has 19 heavy (non-hydrogen) atoms. The Bertz CT molecular complexity index is 529. The Labute approximate surface area is 113 Å². The third kappa shape index (κ3) is 3.30. The average molecular weight is 254 g/mol. The smallest absolute Gasteiger partial charge is 0.191 e. The largest absolute Gasteiger partial charge is 0.385 e. The topological polar surface area (TPSA) is 37.3 Å². The molecule has 0 fully saturated rings. The summed E-state index contributed by atoms with van der Waals surface area (Å²) in [5, 5.41) is 9.71. The van der Waals surface area contributed by atoms with Crippen molar-refractivity contribution >= 4 is 5.78 Å². The van der Waals surface area contributed by atoms with Crippen molar-refractivity contribution in [1.82, 2.24) is 0 Å². The van der Waals surface area contributed by atoms with E-state index in [4.69, 9.17) is 0 Å². The number of hydrogen-bond donors (Lipinski definition) is 1. The van der Waals surface area contributed by atoms with E-state index in [1.807, 2.05) is 49.4 Å². The van der Waals surface area contributed by atoms with Gasteiger partial charge in [0.25, 0.3) is 0 Å². The lowest BCUT2D eigenvalue weighted by atomic mass is 9.99. The third-order valence-electron chi connectivity index (χ3n) is 3.14. The normalized spacial score (nSPS) is 12.1. The van der Waals surface area contributed by atoms with Crippen molar-refractivity contribution in [1.29, 1.82) is 0 Å². The van der Waals surface area contributed by atoms with Gasteiger partial charge in [-0.15, -0.1) is 0 Å². The van der Waals surface area contributed by atoms with Crippen molar-refractivity contribution in [3.8, 4) is 11.1 Å². The van der Waals surface area contributed by atoms with Crippen LogP contribution in [0.2, 0.25) is 0 Å². The fraction of sp³-hybridized carbons (Fsp3) is 0.235. The lowest BCUT2D eigenvalue weighted by Crippen LogP contribution is -2.19. The maximum atomic E-state index is 11.9. The Balaban J connectivity index is 2.17. The van der Waals surface area contributed by atoms with Gasteiger partial charge >= 0.3 is 0 Å². The lowest BCUT2D eigenvalue weighted by Gasteiger charge is -2.09. The molecule has 0 spiro atoms. The Morgan fingerprint density at radius 3 is 2.16 bits per heavy atom. The molecule has 0 radical (unpaired) electrons. The van der Waals surface area contributed by atoms with E-state index in [0.29, 0.717) is 12.0 Å². The summed E-state index contributed by atoms with van der Waals surface area (Å²) in [4.78, 5) is 11.9. The molecule has 2 rings (SSSR count). The van der Waals surface area contributed by atoms with Crippen LogP contribution in [0.3, 0.4) is 0 Å². The molecule has 0 saturated carbocycles. The molecule has 98 valence electrons. The van der Waals surface area contributed by atoms with Crippen LogP contribution in [0.4, 0.5) is 0 Å². The summed E-state index contributed by atoms with van der Waals surface area (Å²) in [7, 11) is 0. The Hall–Kier alpha value is -1.93. The molecular formula is C17H18O2. The van der Waals surface area contributed by atoms with Crippen LogP contribution in [0.5, 0.6) is 0 Å². The maximum absolute atomic E-state index is 11.9. The highest BCUT2D eigenvalue weighted by Gasteiger charge is 2.15. The molecular weight excluding hydrogens is 236 g/mol. The number of carbonyl (C=O) groups is 1. The molecule has 0 heterocycles. The summed E-state index contributed by atoms with van der Waals surface area (Å²) in [5.41, 5.74) is 2.76. The van der Waals surface area contributed by atoms with Gasteiger partial charge in [0, 0.05) is 5.56 Å².